The lowest BCUT2D eigenvalue weighted by Gasteiger charge is -2.06. The quantitative estimate of drug-likeness (QED) is 0.765. The van der Waals surface area contributed by atoms with Crippen LogP contribution in [0.3, 0.4) is 0 Å². The molecule has 80 valence electrons. The van der Waals surface area contributed by atoms with Gasteiger partial charge >= 0.3 is 0 Å². The molecule has 1 aliphatic heterocycles. The Bertz CT molecular complexity index is 382. The molecule has 2 rings (SSSR count). The van der Waals surface area contributed by atoms with Crippen molar-refractivity contribution in [3.63, 3.8) is 0 Å². The Balaban J connectivity index is 2.19. The van der Waals surface area contributed by atoms with Crippen LogP contribution in [0.1, 0.15) is 36.2 Å². The maximum Gasteiger partial charge on any atom is 0.163 e. The van der Waals surface area contributed by atoms with Crippen LogP contribution in [0.15, 0.2) is 18.2 Å². The highest BCUT2D eigenvalue weighted by atomic mass is 16.1. The average Bonchev–Trinajstić information content (AvgIpc) is 2.62. The average molecular weight is 203 g/mol. The van der Waals surface area contributed by atoms with Gasteiger partial charge in [0.15, 0.2) is 5.78 Å². The van der Waals surface area contributed by atoms with Gasteiger partial charge in [0, 0.05) is 24.2 Å². The normalized spacial score (nSPS) is 13.8. The number of carbonyl (C=O) groups is 1. The summed E-state index contributed by atoms with van der Waals surface area (Å²) >= 11 is 0. The fraction of sp³-hybridized carbons (Fsp3) is 0.462. The third-order valence-electron chi connectivity index (χ3n) is 2.73. The summed E-state index contributed by atoms with van der Waals surface area (Å²) in [6.45, 7) is 5.15. The highest BCUT2D eigenvalue weighted by Gasteiger charge is 2.13. The summed E-state index contributed by atoms with van der Waals surface area (Å²) in [6.07, 6.45) is 1.68. The van der Waals surface area contributed by atoms with Crippen LogP contribution in [0, 0.1) is 5.92 Å². The van der Waals surface area contributed by atoms with Crippen LogP contribution in [-0.4, -0.2) is 12.3 Å². The molecule has 0 saturated heterocycles. The summed E-state index contributed by atoms with van der Waals surface area (Å²) in [5.74, 6) is 0.698. The third kappa shape index (κ3) is 2.20. The number of hydrogen-bond donors (Lipinski definition) is 1. The number of hydrogen-bond acceptors (Lipinski definition) is 2. The molecule has 15 heavy (non-hydrogen) atoms. The molecule has 2 nitrogen and oxygen atoms in total. The van der Waals surface area contributed by atoms with Crippen LogP contribution in [0.2, 0.25) is 0 Å². The van der Waals surface area contributed by atoms with Gasteiger partial charge < -0.3 is 5.32 Å². The lowest BCUT2D eigenvalue weighted by molar-refractivity contribution is 0.0968. The minimum absolute atomic E-state index is 0.264. The number of anilines is 1. The molecule has 0 saturated carbocycles. The van der Waals surface area contributed by atoms with E-state index in [0.29, 0.717) is 12.3 Å². The molecule has 1 aromatic carbocycles. The first kappa shape index (κ1) is 10.2. The molecule has 0 bridgehead atoms. The fourth-order valence-corrected chi connectivity index (χ4v) is 1.97. The van der Waals surface area contributed by atoms with Crippen LogP contribution in [0.5, 0.6) is 0 Å². The molecule has 1 N–H and O–H groups in total. The minimum Gasteiger partial charge on any atom is -0.384 e. The van der Waals surface area contributed by atoms with Crippen molar-refractivity contribution in [2.75, 3.05) is 11.9 Å². The topological polar surface area (TPSA) is 29.1 Å². The van der Waals surface area contributed by atoms with Crippen LogP contribution in [-0.2, 0) is 6.42 Å². The zero-order valence-corrected chi connectivity index (χ0v) is 9.34. The molecule has 1 aromatic rings. The lowest BCUT2D eigenvalue weighted by Crippen LogP contribution is -2.03. The zero-order valence-electron chi connectivity index (χ0n) is 9.34. The summed E-state index contributed by atoms with van der Waals surface area (Å²) in [7, 11) is 0. The van der Waals surface area contributed by atoms with Gasteiger partial charge in [0.05, 0.1) is 0 Å². The molecule has 0 aliphatic carbocycles. The van der Waals surface area contributed by atoms with Crippen molar-refractivity contribution >= 4 is 11.5 Å². The SMILES string of the molecule is CC(C)CC(=O)c1ccc2c(c1)CCN2. The molecule has 0 atom stereocenters. The Labute approximate surface area is 90.7 Å². The van der Waals surface area contributed by atoms with E-state index < -0.39 is 0 Å². The Kier molecular flexibility index (Phi) is 2.76. The van der Waals surface area contributed by atoms with Gasteiger partial charge in [-0.05, 0) is 36.1 Å². The van der Waals surface area contributed by atoms with Crippen molar-refractivity contribution in [1.82, 2.24) is 0 Å². The van der Waals surface area contributed by atoms with E-state index in [1.807, 2.05) is 18.2 Å². The molecular formula is C13H17NO. The van der Waals surface area contributed by atoms with Gasteiger partial charge in [0.25, 0.3) is 0 Å². The Morgan fingerprint density at radius 2 is 2.27 bits per heavy atom. The molecule has 0 fully saturated rings. The van der Waals surface area contributed by atoms with E-state index in [0.717, 1.165) is 18.5 Å². The van der Waals surface area contributed by atoms with Gasteiger partial charge in [-0.1, -0.05) is 13.8 Å². The van der Waals surface area contributed by atoms with E-state index in [2.05, 4.69) is 19.2 Å². The molecule has 2 heteroatoms. The number of carbonyl (C=O) groups excluding carboxylic acids is 1. The summed E-state index contributed by atoms with van der Waals surface area (Å²) in [5, 5.41) is 3.30. The molecular weight excluding hydrogens is 186 g/mol. The van der Waals surface area contributed by atoms with Gasteiger partial charge in [-0.25, -0.2) is 0 Å². The van der Waals surface area contributed by atoms with Gasteiger partial charge in [-0.2, -0.15) is 0 Å². The second-order valence-electron chi connectivity index (χ2n) is 4.57. The second-order valence-corrected chi connectivity index (χ2v) is 4.57. The second kappa shape index (κ2) is 4.05. The van der Waals surface area contributed by atoms with Crippen molar-refractivity contribution in [1.29, 1.82) is 0 Å². The number of nitrogens with one attached hydrogen (secondary N) is 1. The molecule has 1 heterocycles. The van der Waals surface area contributed by atoms with E-state index in [1.54, 1.807) is 0 Å². The summed E-state index contributed by atoms with van der Waals surface area (Å²) in [4.78, 5) is 11.8. The van der Waals surface area contributed by atoms with E-state index in [1.165, 1.54) is 11.3 Å². The monoisotopic (exact) mass is 203 g/mol. The summed E-state index contributed by atoms with van der Waals surface area (Å²) < 4.78 is 0. The number of rotatable bonds is 3. The van der Waals surface area contributed by atoms with Crippen molar-refractivity contribution in [3.8, 4) is 0 Å². The molecule has 0 radical (unpaired) electrons. The number of benzene rings is 1. The standard InChI is InChI=1S/C13H17NO/c1-9(2)7-13(15)11-3-4-12-10(8-11)5-6-14-12/h3-4,8-9,14H,5-7H2,1-2H3. The number of ketones is 1. The predicted molar refractivity (Wildman–Crippen MR) is 62.4 cm³/mol. The summed E-state index contributed by atoms with van der Waals surface area (Å²) in [6, 6.07) is 6.00. The van der Waals surface area contributed by atoms with Gasteiger partial charge in [0.1, 0.15) is 0 Å². The van der Waals surface area contributed by atoms with Crippen LogP contribution < -0.4 is 5.32 Å². The van der Waals surface area contributed by atoms with Crippen molar-refractivity contribution < 1.29 is 4.79 Å². The Hall–Kier alpha value is -1.31. The highest BCUT2D eigenvalue weighted by Crippen LogP contribution is 2.23. The first-order valence-corrected chi connectivity index (χ1v) is 5.57. The first-order valence-electron chi connectivity index (χ1n) is 5.57. The largest absolute Gasteiger partial charge is 0.384 e. The smallest absolute Gasteiger partial charge is 0.163 e. The van der Waals surface area contributed by atoms with Crippen molar-refractivity contribution in [2.45, 2.75) is 26.7 Å². The van der Waals surface area contributed by atoms with Gasteiger partial charge in [-0.15, -0.1) is 0 Å². The van der Waals surface area contributed by atoms with Crippen LogP contribution >= 0.6 is 0 Å². The molecule has 0 amide bonds. The molecule has 1 aliphatic rings. The number of fused-ring (bicyclic) bond motifs is 1. The van der Waals surface area contributed by atoms with E-state index >= 15 is 0 Å². The number of Topliss-reactive ketones (excluding diaryl/α,β-unsaturated/α-hetero) is 1. The van der Waals surface area contributed by atoms with Crippen LogP contribution in [0.4, 0.5) is 5.69 Å². The lowest BCUT2D eigenvalue weighted by atomic mass is 9.99. The van der Waals surface area contributed by atoms with Gasteiger partial charge in [-0.3, -0.25) is 4.79 Å². The fourth-order valence-electron chi connectivity index (χ4n) is 1.97. The molecule has 0 unspecified atom stereocenters. The third-order valence-corrected chi connectivity index (χ3v) is 2.73. The van der Waals surface area contributed by atoms with Crippen molar-refractivity contribution in [3.05, 3.63) is 29.3 Å². The summed E-state index contributed by atoms with van der Waals surface area (Å²) in [5.41, 5.74) is 3.34. The first-order chi connectivity index (χ1) is 7.16. The minimum atomic E-state index is 0.264. The van der Waals surface area contributed by atoms with Gasteiger partial charge in [0.2, 0.25) is 0 Å². The highest BCUT2D eigenvalue weighted by molar-refractivity contribution is 5.96. The van der Waals surface area contributed by atoms with E-state index in [-0.39, 0.29) is 5.78 Å². The molecule has 0 aromatic heterocycles. The Morgan fingerprint density at radius 1 is 1.47 bits per heavy atom. The molecule has 0 spiro atoms. The zero-order chi connectivity index (χ0) is 10.8. The van der Waals surface area contributed by atoms with E-state index in [9.17, 15) is 4.79 Å². The van der Waals surface area contributed by atoms with Crippen molar-refractivity contribution in [2.24, 2.45) is 5.92 Å². The maximum atomic E-state index is 11.8. The maximum absolute atomic E-state index is 11.8. The van der Waals surface area contributed by atoms with E-state index in [4.69, 9.17) is 0 Å². The predicted octanol–water partition coefficient (Wildman–Crippen LogP) is 2.88. The van der Waals surface area contributed by atoms with Crippen LogP contribution in [0.25, 0.3) is 0 Å². The Morgan fingerprint density at radius 3 is 3.00 bits per heavy atom.